The summed E-state index contributed by atoms with van der Waals surface area (Å²) in [6, 6.07) is 10.0. The molecular formula is C16H22N2. The number of hydrogen-bond donors (Lipinski definition) is 1. The molecule has 2 rings (SSSR count). The van der Waals surface area contributed by atoms with Crippen LogP contribution in [0.4, 0.5) is 5.69 Å². The molecule has 0 aliphatic heterocycles. The Bertz CT molecular complexity index is 443. The lowest BCUT2D eigenvalue weighted by Gasteiger charge is -2.28. The van der Waals surface area contributed by atoms with E-state index in [0.29, 0.717) is 11.3 Å². The number of nitrogens with one attached hydrogen (secondary N) is 1. The average molecular weight is 242 g/mol. The molecule has 1 aromatic carbocycles. The van der Waals surface area contributed by atoms with Gasteiger partial charge in [0.15, 0.2) is 0 Å². The van der Waals surface area contributed by atoms with Crippen LogP contribution in [0.3, 0.4) is 0 Å². The molecule has 0 heterocycles. The zero-order chi connectivity index (χ0) is 13.0. The van der Waals surface area contributed by atoms with Gasteiger partial charge in [0, 0.05) is 6.21 Å². The molecule has 0 radical (unpaired) electrons. The van der Waals surface area contributed by atoms with Crippen molar-refractivity contribution in [3.63, 3.8) is 0 Å². The molecule has 0 saturated heterocycles. The van der Waals surface area contributed by atoms with E-state index in [0.717, 1.165) is 12.1 Å². The summed E-state index contributed by atoms with van der Waals surface area (Å²) in [5.74, 6) is 0.679. The van der Waals surface area contributed by atoms with Crippen molar-refractivity contribution in [2.24, 2.45) is 16.4 Å². The Hall–Kier alpha value is -1.57. The monoisotopic (exact) mass is 242 g/mol. The Morgan fingerprint density at radius 2 is 2.06 bits per heavy atom. The molecule has 2 heteroatoms. The predicted molar refractivity (Wildman–Crippen MR) is 78.8 cm³/mol. The van der Waals surface area contributed by atoms with Gasteiger partial charge in [0.05, 0.1) is 5.69 Å². The van der Waals surface area contributed by atoms with Crippen molar-refractivity contribution in [2.75, 3.05) is 5.43 Å². The number of nitrogens with zero attached hydrogens (tertiary/aromatic N) is 1. The van der Waals surface area contributed by atoms with Gasteiger partial charge in [-0.25, -0.2) is 0 Å². The van der Waals surface area contributed by atoms with Crippen molar-refractivity contribution >= 4 is 11.9 Å². The third kappa shape index (κ3) is 2.81. The lowest BCUT2D eigenvalue weighted by atomic mass is 9.76. The van der Waals surface area contributed by atoms with Gasteiger partial charge in [-0.1, -0.05) is 43.7 Å². The summed E-state index contributed by atoms with van der Waals surface area (Å²) in [6.07, 6.45) is 6.58. The summed E-state index contributed by atoms with van der Waals surface area (Å²) in [6.45, 7) is 6.89. The molecule has 18 heavy (non-hydrogen) atoms. The lowest BCUT2D eigenvalue weighted by molar-refractivity contribution is 0.302. The minimum Gasteiger partial charge on any atom is -0.279 e. The number of para-hydroxylation sites is 1. The zero-order valence-electron chi connectivity index (χ0n) is 11.5. The molecule has 1 atom stereocenters. The highest BCUT2D eigenvalue weighted by Gasteiger charge is 2.33. The van der Waals surface area contributed by atoms with Crippen molar-refractivity contribution in [1.82, 2.24) is 0 Å². The van der Waals surface area contributed by atoms with Crippen LogP contribution in [-0.4, -0.2) is 6.21 Å². The maximum atomic E-state index is 4.30. The van der Waals surface area contributed by atoms with Crippen molar-refractivity contribution in [3.05, 3.63) is 42.0 Å². The van der Waals surface area contributed by atoms with E-state index in [9.17, 15) is 0 Å². The topological polar surface area (TPSA) is 24.4 Å². The second-order valence-electron chi connectivity index (χ2n) is 5.57. The third-order valence-electron chi connectivity index (χ3n) is 4.19. The Balaban J connectivity index is 1.83. The lowest BCUT2D eigenvalue weighted by Crippen LogP contribution is -2.20. The molecule has 1 aliphatic carbocycles. The Kier molecular flexibility index (Phi) is 3.85. The first-order valence-electron chi connectivity index (χ1n) is 6.60. The molecular weight excluding hydrogens is 220 g/mol. The van der Waals surface area contributed by atoms with Crippen molar-refractivity contribution in [1.29, 1.82) is 0 Å². The number of benzene rings is 1. The summed E-state index contributed by atoms with van der Waals surface area (Å²) < 4.78 is 0. The molecule has 1 N–H and O–H groups in total. The van der Waals surface area contributed by atoms with E-state index in [2.05, 4.69) is 37.4 Å². The van der Waals surface area contributed by atoms with Crippen LogP contribution < -0.4 is 5.43 Å². The maximum absolute atomic E-state index is 4.30. The molecule has 0 bridgehead atoms. The fourth-order valence-electron chi connectivity index (χ4n) is 2.40. The van der Waals surface area contributed by atoms with Gasteiger partial charge in [0.2, 0.25) is 0 Å². The molecule has 0 aromatic heterocycles. The first-order valence-corrected chi connectivity index (χ1v) is 6.60. The minimum absolute atomic E-state index is 0.318. The molecule has 1 aliphatic rings. The summed E-state index contributed by atoms with van der Waals surface area (Å²) >= 11 is 0. The van der Waals surface area contributed by atoms with E-state index >= 15 is 0 Å². The molecule has 96 valence electrons. The second-order valence-corrected chi connectivity index (χ2v) is 5.57. The first kappa shape index (κ1) is 12.9. The van der Waals surface area contributed by atoms with Crippen LogP contribution in [0.5, 0.6) is 0 Å². The van der Waals surface area contributed by atoms with Gasteiger partial charge in [-0.2, -0.15) is 5.10 Å². The van der Waals surface area contributed by atoms with E-state index in [1.807, 2.05) is 36.5 Å². The van der Waals surface area contributed by atoms with Gasteiger partial charge in [-0.05, 0) is 43.2 Å². The van der Waals surface area contributed by atoms with Gasteiger partial charge in [-0.3, -0.25) is 5.43 Å². The fraction of sp³-hybridized carbons (Fsp3) is 0.438. The highest BCUT2D eigenvalue weighted by molar-refractivity contribution is 5.60. The molecule has 1 unspecified atom stereocenters. The fourth-order valence-corrected chi connectivity index (χ4v) is 2.40. The van der Waals surface area contributed by atoms with Gasteiger partial charge in [0.1, 0.15) is 0 Å². The van der Waals surface area contributed by atoms with Crippen LogP contribution in [0, 0.1) is 11.3 Å². The van der Waals surface area contributed by atoms with Crippen LogP contribution in [0.2, 0.25) is 0 Å². The van der Waals surface area contributed by atoms with Gasteiger partial charge in [-0.15, -0.1) is 0 Å². The second kappa shape index (κ2) is 5.38. The van der Waals surface area contributed by atoms with Crippen molar-refractivity contribution in [2.45, 2.75) is 33.6 Å². The Morgan fingerprint density at radius 3 is 2.67 bits per heavy atom. The number of rotatable bonds is 4. The van der Waals surface area contributed by atoms with E-state index in [-0.39, 0.29) is 0 Å². The van der Waals surface area contributed by atoms with Crippen molar-refractivity contribution < 1.29 is 0 Å². The third-order valence-corrected chi connectivity index (χ3v) is 4.19. The van der Waals surface area contributed by atoms with Crippen LogP contribution in [0.25, 0.3) is 0 Å². The van der Waals surface area contributed by atoms with Crippen LogP contribution in [-0.2, 0) is 0 Å². The molecule has 0 fully saturated rings. The van der Waals surface area contributed by atoms with Gasteiger partial charge >= 0.3 is 0 Å². The van der Waals surface area contributed by atoms with Gasteiger partial charge in [0.25, 0.3) is 0 Å². The molecule has 0 saturated carbocycles. The van der Waals surface area contributed by atoms with Crippen molar-refractivity contribution in [3.8, 4) is 0 Å². The van der Waals surface area contributed by atoms with E-state index < -0.39 is 0 Å². The Morgan fingerprint density at radius 1 is 1.33 bits per heavy atom. The highest BCUT2D eigenvalue weighted by Crippen LogP contribution is 2.44. The number of hydrazone groups is 1. The molecule has 2 nitrogen and oxygen atoms in total. The van der Waals surface area contributed by atoms with Crippen LogP contribution in [0.15, 0.2) is 47.1 Å². The number of anilines is 1. The SMILES string of the molecule is CC1=CCC(C/C=N/Nc2ccccc2)C1(C)C. The normalized spacial score (nSPS) is 22.2. The van der Waals surface area contributed by atoms with Crippen LogP contribution in [0.1, 0.15) is 33.6 Å². The summed E-state index contributed by atoms with van der Waals surface area (Å²) in [4.78, 5) is 0. The van der Waals surface area contributed by atoms with E-state index in [1.165, 1.54) is 12.0 Å². The van der Waals surface area contributed by atoms with E-state index in [4.69, 9.17) is 0 Å². The standard InChI is InChI=1S/C16H22N2/c1-13-9-10-14(16(13,2)3)11-12-17-18-15-7-5-4-6-8-15/h4-9,12,14,18H,10-11H2,1-3H3/b17-12+. The first-order chi connectivity index (χ1) is 8.60. The minimum atomic E-state index is 0.318. The zero-order valence-corrected chi connectivity index (χ0v) is 11.5. The number of hydrogen-bond acceptors (Lipinski definition) is 2. The summed E-state index contributed by atoms with van der Waals surface area (Å²) in [5, 5.41) is 4.30. The Labute approximate surface area is 110 Å². The predicted octanol–water partition coefficient (Wildman–Crippen LogP) is 4.47. The molecule has 0 spiro atoms. The van der Waals surface area contributed by atoms with Crippen LogP contribution >= 0.6 is 0 Å². The summed E-state index contributed by atoms with van der Waals surface area (Å²) in [5.41, 5.74) is 5.92. The molecule has 1 aromatic rings. The number of allylic oxidation sites excluding steroid dienone is 2. The highest BCUT2D eigenvalue weighted by atomic mass is 15.3. The van der Waals surface area contributed by atoms with E-state index in [1.54, 1.807) is 0 Å². The maximum Gasteiger partial charge on any atom is 0.0561 e. The quantitative estimate of drug-likeness (QED) is 0.470. The smallest absolute Gasteiger partial charge is 0.0561 e. The molecule has 0 amide bonds. The summed E-state index contributed by atoms with van der Waals surface area (Å²) in [7, 11) is 0. The largest absolute Gasteiger partial charge is 0.279 e. The van der Waals surface area contributed by atoms with Gasteiger partial charge < -0.3 is 0 Å². The average Bonchev–Trinajstić information content (AvgIpc) is 2.62.